The van der Waals surface area contributed by atoms with E-state index in [4.69, 9.17) is 22.3 Å². The maximum Gasteiger partial charge on any atom is 0.263 e. The maximum atomic E-state index is 13.2. The molecular formula is C30H29ClN6O2S. The molecule has 1 aliphatic carbocycles. The van der Waals surface area contributed by atoms with Crippen LogP contribution in [0, 0.1) is 6.92 Å². The summed E-state index contributed by atoms with van der Waals surface area (Å²) in [5.41, 5.74) is 11.4. The van der Waals surface area contributed by atoms with E-state index in [1.807, 2.05) is 50.5 Å². The number of sulfonamides is 1. The van der Waals surface area contributed by atoms with Gasteiger partial charge in [-0.3, -0.25) is 9.12 Å². The quantitative estimate of drug-likeness (QED) is 0.228. The van der Waals surface area contributed by atoms with E-state index in [0.29, 0.717) is 23.2 Å². The molecule has 10 heteroatoms. The monoisotopic (exact) mass is 572 g/mol. The Hall–Kier alpha value is -3.92. The molecule has 40 heavy (non-hydrogen) atoms. The van der Waals surface area contributed by atoms with Crippen LogP contribution in [0.15, 0.2) is 77.8 Å². The van der Waals surface area contributed by atoms with E-state index in [1.54, 1.807) is 24.3 Å². The van der Waals surface area contributed by atoms with Gasteiger partial charge in [-0.1, -0.05) is 54.1 Å². The van der Waals surface area contributed by atoms with Crippen LogP contribution in [0.4, 0.5) is 11.5 Å². The summed E-state index contributed by atoms with van der Waals surface area (Å²) in [6.07, 6.45) is 7.03. The number of fused-ring (bicyclic) bond motifs is 2. The van der Waals surface area contributed by atoms with Crippen LogP contribution >= 0.6 is 11.6 Å². The second kappa shape index (κ2) is 10.2. The SMILES string of the molecule is CNC1CC=C(c2cnc(N)c3c(-c4ccc(NS(=O)(=O)c5ccccc5Cl)c5ccccc45)nc(C)n23)CC1. The summed E-state index contributed by atoms with van der Waals surface area (Å²) in [5, 5.41) is 5.08. The van der Waals surface area contributed by atoms with Gasteiger partial charge in [0.15, 0.2) is 0 Å². The van der Waals surface area contributed by atoms with E-state index in [2.05, 4.69) is 25.5 Å². The van der Waals surface area contributed by atoms with Gasteiger partial charge in [0.05, 0.1) is 22.6 Å². The summed E-state index contributed by atoms with van der Waals surface area (Å²) < 4.78 is 31.3. The molecule has 6 rings (SSSR count). The number of nitrogens with one attached hydrogen (secondary N) is 2. The van der Waals surface area contributed by atoms with Gasteiger partial charge in [-0.05, 0) is 68.5 Å². The summed E-state index contributed by atoms with van der Waals surface area (Å²) in [7, 11) is -1.92. The van der Waals surface area contributed by atoms with E-state index in [0.717, 1.165) is 52.6 Å². The minimum atomic E-state index is -3.92. The summed E-state index contributed by atoms with van der Waals surface area (Å²) in [6, 6.07) is 18.1. The molecule has 1 unspecified atom stereocenters. The molecule has 3 aromatic carbocycles. The van der Waals surface area contributed by atoms with Gasteiger partial charge in [-0.15, -0.1) is 0 Å². The summed E-state index contributed by atoms with van der Waals surface area (Å²) in [5.74, 6) is 1.19. The molecule has 0 bridgehead atoms. The van der Waals surface area contributed by atoms with Crippen molar-refractivity contribution in [2.75, 3.05) is 17.5 Å². The van der Waals surface area contributed by atoms with E-state index in [-0.39, 0.29) is 9.92 Å². The van der Waals surface area contributed by atoms with Crippen LogP contribution < -0.4 is 15.8 Å². The number of allylic oxidation sites excluding steroid dienone is 1. The Kier molecular flexibility index (Phi) is 6.74. The molecular weight excluding hydrogens is 544 g/mol. The number of imidazole rings is 1. The number of benzene rings is 3. The number of aromatic nitrogens is 3. The van der Waals surface area contributed by atoms with Crippen molar-refractivity contribution in [2.24, 2.45) is 0 Å². The highest BCUT2D eigenvalue weighted by molar-refractivity contribution is 7.92. The van der Waals surface area contributed by atoms with Crippen molar-refractivity contribution in [1.82, 2.24) is 19.7 Å². The number of nitrogens with zero attached hydrogens (tertiary/aromatic N) is 3. The van der Waals surface area contributed by atoms with Gasteiger partial charge >= 0.3 is 0 Å². The Morgan fingerprint density at radius 1 is 1.05 bits per heavy atom. The number of halogens is 1. The third-order valence-electron chi connectivity index (χ3n) is 7.55. The highest BCUT2D eigenvalue weighted by Gasteiger charge is 2.24. The highest BCUT2D eigenvalue weighted by Crippen LogP contribution is 2.39. The number of hydrogen-bond donors (Lipinski definition) is 3. The second-order valence-electron chi connectivity index (χ2n) is 9.95. The van der Waals surface area contributed by atoms with Crippen molar-refractivity contribution in [2.45, 2.75) is 37.1 Å². The lowest BCUT2D eigenvalue weighted by Gasteiger charge is -2.22. The van der Waals surface area contributed by atoms with Gasteiger partial charge in [-0.25, -0.2) is 18.4 Å². The van der Waals surface area contributed by atoms with Crippen LogP contribution in [-0.2, 0) is 10.0 Å². The third kappa shape index (κ3) is 4.50. The zero-order valence-electron chi connectivity index (χ0n) is 22.1. The summed E-state index contributed by atoms with van der Waals surface area (Å²) >= 11 is 6.20. The molecule has 0 saturated heterocycles. The Morgan fingerprint density at radius 2 is 1.80 bits per heavy atom. The zero-order chi connectivity index (χ0) is 28.0. The molecule has 0 amide bonds. The first-order chi connectivity index (χ1) is 19.3. The normalized spacial score (nSPS) is 15.9. The van der Waals surface area contributed by atoms with Crippen molar-refractivity contribution in [3.05, 3.63) is 89.5 Å². The van der Waals surface area contributed by atoms with Crippen LogP contribution in [0.2, 0.25) is 5.02 Å². The smallest absolute Gasteiger partial charge is 0.263 e. The number of nitrogens with two attached hydrogens (primary N) is 1. The topological polar surface area (TPSA) is 114 Å². The Balaban J connectivity index is 1.49. The molecule has 204 valence electrons. The molecule has 0 radical (unpaired) electrons. The predicted octanol–water partition coefficient (Wildman–Crippen LogP) is 6.05. The second-order valence-corrected chi connectivity index (χ2v) is 12.0. The predicted molar refractivity (Wildman–Crippen MR) is 162 cm³/mol. The average molecular weight is 573 g/mol. The summed E-state index contributed by atoms with van der Waals surface area (Å²) in [6.45, 7) is 1.97. The van der Waals surface area contributed by atoms with Gasteiger partial charge in [0.2, 0.25) is 0 Å². The van der Waals surface area contributed by atoms with E-state index in [9.17, 15) is 8.42 Å². The van der Waals surface area contributed by atoms with E-state index >= 15 is 0 Å². The van der Waals surface area contributed by atoms with Gasteiger partial charge in [-0.2, -0.15) is 0 Å². The highest BCUT2D eigenvalue weighted by atomic mass is 35.5. The Bertz CT molecular complexity index is 1920. The van der Waals surface area contributed by atoms with Crippen molar-refractivity contribution in [1.29, 1.82) is 0 Å². The first kappa shape index (κ1) is 26.3. The van der Waals surface area contributed by atoms with E-state index < -0.39 is 10.0 Å². The van der Waals surface area contributed by atoms with Gasteiger partial charge in [0, 0.05) is 17.0 Å². The number of anilines is 2. The molecule has 0 saturated carbocycles. The van der Waals surface area contributed by atoms with Gasteiger partial charge in [0.1, 0.15) is 27.7 Å². The molecule has 8 nitrogen and oxygen atoms in total. The van der Waals surface area contributed by atoms with Crippen LogP contribution in [0.3, 0.4) is 0 Å². The molecule has 2 aromatic heterocycles. The molecule has 0 fully saturated rings. The first-order valence-electron chi connectivity index (χ1n) is 13.1. The van der Waals surface area contributed by atoms with Gasteiger partial charge < -0.3 is 11.1 Å². The summed E-state index contributed by atoms with van der Waals surface area (Å²) in [4.78, 5) is 9.55. The van der Waals surface area contributed by atoms with Crippen LogP contribution in [0.1, 0.15) is 30.8 Å². The lowest BCUT2D eigenvalue weighted by Crippen LogP contribution is -2.26. The lowest BCUT2D eigenvalue weighted by atomic mass is 9.93. The Morgan fingerprint density at radius 3 is 2.52 bits per heavy atom. The van der Waals surface area contributed by atoms with Gasteiger partial charge in [0.25, 0.3) is 10.0 Å². The lowest BCUT2D eigenvalue weighted by molar-refractivity contribution is 0.522. The number of aryl methyl sites for hydroxylation is 1. The third-order valence-corrected chi connectivity index (χ3v) is 9.42. The molecule has 2 heterocycles. The fourth-order valence-corrected chi connectivity index (χ4v) is 7.11. The minimum absolute atomic E-state index is 0.0185. The number of nitrogen functional groups attached to an aromatic ring is 1. The number of rotatable bonds is 6. The van der Waals surface area contributed by atoms with Crippen molar-refractivity contribution >= 4 is 55.0 Å². The maximum absolute atomic E-state index is 13.2. The zero-order valence-corrected chi connectivity index (χ0v) is 23.7. The molecule has 1 aliphatic rings. The first-order valence-corrected chi connectivity index (χ1v) is 14.9. The molecule has 0 aliphatic heterocycles. The molecule has 5 aromatic rings. The Labute approximate surface area is 238 Å². The average Bonchev–Trinajstić information content (AvgIpc) is 3.31. The minimum Gasteiger partial charge on any atom is -0.382 e. The fourth-order valence-electron chi connectivity index (χ4n) is 5.51. The molecule has 4 N–H and O–H groups in total. The van der Waals surface area contributed by atoms with Crippen LogP contribution in [-0.4, -0.2) is 35.9 Å². The number of hydrogen-bond acceptors (Lipinski definition) is 6. The fraction of sp³-hybridized carbons (Fsp3) is 0.200. The van der Waals surface area contributed by atoms with E-state index in [1.165, 1.54) is 11.6 Å². The van der Waals surface area contributed by atoms with Crippen molar-refractivity contribution in [3.8, 4) is 11.3 Å². The standard InChI is InChI=1S/C30H29ClN6O2S/c1-18-35-28(29-30(32)34-17-26(37(18)29)19-11-13-20(33-2)14-12-19)23-15-16-25(22-8-4-3-7-21(22)23)36-40(38,39)27-10-6-5-9-24(27)31/h3-11,15-17,20,33,36H,12-14H2,1-2H3,(H2,32,34). The van der Waals surface area contributed by atoms with Crippen molar-refractivity contribution < 1.29 is 8.42 Å². The van der Waals surface area contributed by atoms with Crippen molar-refractivity contribution in [3.63, 3.8) is 0 Å². The molecule has 0 spiro atoms. The largest absolute Gasteiger partial charge is 0.382 e. The van der Waals surface area contributed by atoms with Crippen LogP contribution in [0.25, 0.3) is 33.1 Å². The molecule has 1 atom stereocenters. The van der Waals surface area contributed by atoms with Crippen LogP contribution in [0.5, 0.6) is 0 Å².